The van der Waals surface area contributed by atoms with Crippen molar-refractivity contribution in [1.82, 2.24) is 9.13 Å². The Morgan fingerprint density at radius 3 is 1.51 bits per heavy atom. The molecule has 57 heavy (non-hydrogen) atoms. The van der Waals surface area contributed by atoms with E-state index in [0.29, 0.717) is 0 Å². The highest BCUT2D eigenvalue weighted by atomic mass is 16.5. The Morgan fingerprint density at radius 2 is 0.877 bits per heavy atom. The predicted octanol–water partition coefficient (Wildman–Crippen LogP) is 13.7. The Bertz CT molecular complexity index is 3250. The molecule has 3 heteroatoms. The highest BCUT2D eigenvalue weighted by Crippen LogP contribution is 2.46. The highest BCUT2D eigenvalue weighted by molar-refractivity contribution is 6.12. The molecule has 3 heterocycles. The average molecular weight is 729 g/mol. The Labute approximate surface area is 330 Å². The van der Waals surface area contributed by atoms with Crippen LogP contribution >= 0.6 is 0 Å². The molecular formula is C54H36N2O. The monoisotopic (exact) mass is 728 g/mol. The minimum absolute atomic E-state index is 0.00726. The van der Waals surface area contributed by atoms with E-state index in [2.05, 4.69) is 215 Å². The fourth-order valence-corrected chi connectivity index (χ4v) is 9.43. The zero-order valence-corrected chi connectivity index (χ0v) is 31.1. The van der Waals surface area contributed by atoms with Crippen LogP contribution in [-0.4, -0.2) is 15.2 Å². The van der Waals surface area contributed by atoms with Gasteiger partial charge in [0.2, 0.25) is 0 Å². The molecule has 2 unspecified atom stereocenters. The Balaban J connectivity index is 0.920. The molecule has 0 saturated carbocycles. The van der Waals surface area contributed by atoms with Crippen LogP contribution in [0.3, 0.4) is 0 Å². The predicted molar refractivity (Wildman–Crippen MR) is 237 cm³/mol. The van der Waals surface area contributed by atoms with Gasteiger partial charge in [0.1, 0.15) is 11.9 Å². The lowest BCUT2D eigenvalue weighted by atomic mass is 9.84. The smallest absolute Gasteiger partial charge is 0.135 e. The Hall–Kier alpha value is -7.36. The number of rotatable bonds is 5. The van der Waals surface area contributed by atoms with Crippen LogP contribution in [0, 0.1) is 0 Å². The van der Waals surface area contributed by atoms with Crippen molar-refractivity contribution in [2.75, 3.05) is 0 Å². The summed E-state index contributed by atoms with van der Waals surface area (Å²) in [6.07, 6.45) is 6.65. The van der Waals surface area contributed by atoms with Crippen LogP contribution in [0.2, 0.25) is 0 Å². The molecule has 12 rings (SSSR count). The molecule has 2 aliphatic rings. The molecule has 0 saturated heterocycles. The van der Waals surface area contributed by atoms with E-state index in [4.69, 9.17) is 4.74 Å². The zero-order valence-electron chi connectivity index (χ0n) is 31.1. The molecule has 1 aliphatic heterocycles. The van der Waals surface area contributed by atoms with Gasteiger partial charge in [0.15, 0.2) is 0 Å². The first-order valence-corrected chi connectivity index (χ1v) is 19.7. The lowest BCUT2D eigenvalue weighted by molar-refractivity contribution is 0.278. The molecule has 1 aliphatic carbocycles. The number of allylic oxidation sites excluding steroid dienone is 2. The van der Waals surface area contributed by atoms with Gasteiger partial charge in [-0.3, -0.25) is 0 Å². The molecule has 8 aromatic carbocycles. The number of nitrogens with zero attached hydrogens (tertiary/aromatic N) is 2. The number of hydrogen-bond acceptors (Lipinski definition) is 1. The van der Waals surface area contributed by atoms with Crippen molar-refractivity contribution in [1.29, 1.82) is 0 Å². The first kappa shape index (κ1) is 31.9. The molecule has 2 aromatic heterocycles. The van der Waals surface area contributed by atoms with Crippen molar-refractivity contribution < 1.29 is 4.74 Å². The summed E-state index contributed by atoms with van der Waals surface area (Å²) in [5.74, 6) is 1.23. The van der Waals surface area contributed by atoms with Crippen molar-refractivity contribution in [3.05, 3.63) is 217 Å². The zero-order chi connectivity index (χ0) is 37.5. The second kappa shape index (κ2) is 12.6. The molecule has 0 radical (unpaired) electrons. The number of fused-ring (bicyclic) bond motifs is 9. The van der Waals surface area contributed by atoms with Crippen LogP contribution in [0.15, 0.2) is 206 Å². The largest absolute Gasteiger partial charge is 0.484 e. The molecule has 3 nitrogen and oxygen atoms in total. The maximum atomic E-state index is 6.50. The summed E-state index contributed by atoms with van der Waals surface area (Å²) < 4.78 is 11.3. The summed E-state index contributed by atoms with van der Waals surface area (Å²) in [6, 6.07) is 68.4. The average Bonchev–Trinajstić information content (AvgIpc) is 3.94. The molecule has 0 spiro atoms. The minimum atomic E-state index is -0.00726. The third kappa shape index (κ3) is 4.99. The van der Waals surface area contributed by atoms with E-state index in [9.17, 15) is 0 Å². The van der Waals surface area contributed by atoms with E-state index in [1.165, 1.54) is 82.6 Å². The molecule has 2 atom stereocenters. The number of hydrogen-bond donors (Lipinski definition) is 0. The number of benzene rings is 8. The summed E-state index contributed by atoms with van der Waals surface area (Å²) in [5.41, 5.74) is 15.6. The summed E-state index contributed by atoms with van der Waals surface area (Å²) in [6.45, 7) is 0. The van der Waals surface area contributed by atoms with Crippen LogP contribution < -0.4 is 4.74 Å². The summed E-state index contributed by atoms with van der Waals surface area (Å²) in [7, 11) is 0. The fourth-order valence-electron chi connectivity index (χ4n) is 9.43. The van der Waals surface area contributed by atoms with Crippen LogP contribution in [-0.2, 0) is 0 Å². The van der Waals surface area contributed by atoms with Crippen molar-refractivity contribution in [3.63, 3.8) is 0 Å². The van der Waals surface area contributed by atoms with E-state index in [-0.39, 0.29) is 12.0 Å². The third-order valence-corrected chi connectivity index (χ3v) is 12.1. The standard InChI is InChI=1S/C54H36N2O/c1-2-11-35(12-3-1)36-21-27-40(28-22-36)55-49-18-7-4-13-43(49)47-33-38(25-31-51(47)55)39-26-32-52-48(34-39)44-14-5-8-19-50(44)56(52)41-29-23-37(24-30-41)42-16-10-17-46-45-15-6-9-20-53(45)57-54(42)46/h1-34,46,54H. The molecule has 0 amide bonds. The van der Waals surface area contributed by atoms with Gasteiger partial charge in [0.05, 0.1) is 22.1 Å². The van der Waals surface area contributed by atoms with E-state index in [1.807, 2.05) is 0 Å². The molecule has 268 valence electrons. The minimum Gasteiger partial charge on any atom is -0.484 e. The van der Waals surface area contributed by atoms with E-state index in [0.717, 1.165) is 17.1 Å². The number of para-hydroxylation sites is 3. The lowest BCUT2D eigenvalue weighted by Crippen LogP contribution is -2.21. The number of aromatic nitrogens is 2. The molecule has 0 fully saturated rings. The van der Waals surface area contributed by atoms with Crippen molar-refractivity contribution in [2.24, 2.45) is 0 Å². The fraction of sp³-hybridized carbons (Fsp3) is 0.0370. The van der Waals surface area contributed by atoms with Crippen molar-refractivity contribution >= 4 is 49.2 Å². The van der Waals surface area contributed by atoms with Crippen LogP contribution in [0.25, 0.3) is 82.8 Å². The highest BCUT2D eigenvalue weighted by Gasteiger charge is 2.36. The third-order valence-electron chi connectivity index (χ3n) is 12.1. The second-order valence-corrected chi connectivity index (χ2v) is 15.2. The molecular weight excluding hydrogens is 693 g/mol. The summed E-state index contributed by atoms with van der Waals surface area (Å²) in [4.78, 5) is 0. The van der Waals surface area contributed by atoms with Gasteiger partial charge in [-0.25, -0.2) is 0 Å². The van der Waals surface area contributed by atoms with E-state index in [1.54, 1.807) is 0 Å². The topological polar surface area (TPSA) is 19.1 Å². The SMILES string of the molecule is C1=CC2c3ccccc3OC2C(c2ccc(-n3c4ccccc4c4cc(-c5ccc6c(c5)c5ccccc5n6-c5ccc(-c6ccccc6)cc5)ccc43)cc2)=C1. The molecule has 0 bridgehead atoms. The van der Waals surface area contributed by atoms with Crippen molar-refractivity contribution in [3.8, 4) is 39.4 Å². The van der Waals surface area contributed by atoms with Crippen LogP contribution in [0.5, 0.6) is 5.75 Å². The Kier molecular flexibility index (Phi) is 7.05. The molecule has 10 aromatic rings. The maximum Gasteiger partial charge on any atom is 0.135 e. The quantitative estimate of drug-likeness (QED) is 0.173. The van der Waals surface area contributed by atoms with E-state index < -0.39 is 0 Å². The van der Waals surface area contributed by atoms with Gasteiger partial charge >= 0.3 is 0 Å². The van der Waals surface area contributed by atoms with Gasteiger partial charge < -0.3 is 13.9 Å². The first-order valence-electron chi connectivity index (χ1n) is 19.7. The second-order valence-electron chi connectivity index (χ2n) is 15.2. The normalized spacial score (nSPS) is 15.9. The van der Waals surface area contributed by atoms with Gasteiger partial charge in [0.25, 0.3) is 0 Å². The van der Waals surface area contributed by atoms with Gasteiger partial charge in [-0.1, -0.05) is 140 Å². The van der Waals surface area contributed by atoms with Gasteiger partial charge in [-0.15, -0.1) is 0 Å². The van der Waals surface area contributed by atoms with Gasteiger partial charge in [-0.2, -0.15) is 0 Å². The lowest BCUT2D eigenvalue weighted by Gasteiger charge is -2.23. The summed E-state index contributed by atoms with van der Waals surface area (Å²) in [5, 5.41) is 4.99. The Morgan fingerprint density at radius 1 is 0.386 bits per heavy atom. The van der Waals surface area contributed by atoms with Gasteiger partial charge in [-0.05, 0) is 94.5 Å². The first-order chi connectivity index (χ1) is 28.3. The molecule has 0 N–H and O–H groups in total. The van der Waals surface area contributed by atoms with Crippen molar-refractivity contribution in [2.45, 2.75) is 12.0 Å². The summed E-state index contributed by atoms with van der Waals surface area (Å²) >= 11 is 0. The number of ether oxygens (including phenoxy) is 1. The maximum absolute atomic E-state index is 6.50. The van der Waals surface area contributed by atoms with E-state index >= 15 is 0 Å². The van der Waals surface area contributed by atoms with Crippen LogP contribution in [0.4, 0.5) is 0 Å². The van der Waals surface area contributed by atoms with Gasteiger partial charge in [0, 0.05) is 50.0 Å². The van der Waals surface area contributed by atoms with Crippen LogP contribution in [0.1, 0.15) is 17.0 Å².